The van der Waals surface area contributed by atoms with Crippen LogP contribution in [0.4, 0.5) is 4.79 Å². The molecule has 5 heteroatoms. The Morgan fingerprint density at radius 2 is 1.96 bits per heavy atom. The van der Waals surface area contributed by atoms with Gasteiger partial charge in [-0.2, -0.15) is 11.8 Å². The average Bonchev–Trinajstić information content (AvgIpc) is 2.52. The first-order chi connectivity index (χ1) is 11.4. The normalized spacial score (nSPS) is 19.3. The monoisotopic (exact) mass is 350 g/mol. The van der Waals surface area contributed by atoms with Crippen molar-refractivity contribution in [2.24, 2.45) is 0 Å². The predicted molar refractivity (Wildman–Crippen MR) is 101 cm³/mol. The third-order valence-electron chi connectivity index (χ3n) is 4.10. The second-order valence-corrected chi connectivity index (χ2v) is 8.32. The number of hydrogen-bond acceptors (Lipinski definition) is 4. The van der Waals surface area contributed by atoms with E-state index in [-0.39, 0.29) is 12.1 Å². The van der Waals surface area contributed by atoms with Gasteiger partial charge in [0.2, 0.25) is 0 Å². The summed E-state index contributed by atoms with van der Waals surface area (Å²) in [6.45, 7) is 9.26. The summed E-state index contributed by atoms with van der Waals surface area (Å²) in [7, 11) is 0. The molecule has 1 atom stereocenters. The van der Waals surface area contributed by atoms with Crippen LogP contribution in [0.5, 0.6) is 0 Å². The van der Waals surface area contributed by atoms with E-state index < -0.39 is 5.60 Å². The van der Waals surface area contributed by atoms with Crippen molar-refractivity contribution in [1.29, 1.82) is 0 Å². The molecule has 1 aliphatic heterocycles. The second kappa shape index (κ2) is 8.77. The summed E-state index contributed by atoms with van der Waals surface area (Å²) in [5.74, 6) is 1.06. The topological polar surface area (TPSA) is 32.8 Å². The molecule has 0 N–H and O–H groups in total. The van der Waals surface area contributed by atoms with Gasteiger partial charge in [-0.05, 0) is 44.8 Å². The van der Waals surface area contributed by atoms with Gasteiger partial charge in [-0.3, -0.25) is 4.90 Å². The number of amides is 1. The van der Waals surface area contributed by atoms with Crippen LogP contribution in [-0.4, -0.2) is 59.2 Å². The molecule has 0 bridgehead atoms. The lowest BCUT2D eigenvalue weighted by Gasteiger charge is -2.41. The van der Waals surface area contributed by atoms with Crippen molar-refractivity contribution in [3.05, 3.63) is 35.9 Å². The molecule has 0 spiro atoms. The zero-order valence-corrected chi connectivity index (χ0v) is 16.1. The highest BCUT2D eigenvalue weighted by atomic mass is 32.2. The van der Waals surface area contributed by atoms with Crippen LogP contribution in [0.3, 0.4) is 0 Å². The van der Waals surface area contributed by atoms with Crippen molar-refractivity contribution in [1.82, 2.24) is 9.80 Å². The minimum atomic E-state index is -0.442. The van der Waals surface area contributed by atoms with E-state index in [0.29, 0.717) is 0 Å². The van der Waals surface area contributed by atoms with Crippen molar-refractivity contribution in [2.75, 3.05) is 31.6 Å². The Bertz CT molecular complexity index is 516. The van der Waals surface area contributed by atoms with Crippen LogP contribution in [0.25, 0.3) is 0 Å². The van der Waals surface area contributed by atoms with Gasteiger partial charge in [-0.1, -0.05) is 30.3 Å². The largest absolute Gasteiger partial charge is 0.444 e. The third kappa shape index (κ3) is 6.02. The Balaban J connectivity index is 1.99. The van der Waals surface area contributed by atoms with Gasteiger partial charge in [-0.15, -0.1) is 0 Å². The van der Waals surface area contributed by atoms with E-state index in [2.05, 4.69) is 35.4 Å². The number of carbonyl (C=O) groups excluding carboxylic acids is 1. The Morgan fingerprint density at radius 3 is 2.58 bits per heavy atom. The Labute approximate surface area is 150 Å². The number of hydrogen-bond donors (Lipinski definition) is 0. The van der Waals surface area contributed by atoms with Crippen molar-refractivity contribution in [2.45, 2.75) is 45.4 Å². The van der Waals surface area contributed by atoms with E-state index in [4.69, 9.17) is 4.74 Å². The molecule has 1 heterocycles. The number of thioether (sulfide) groups is 1. The van der Waals surface area contributed by atoms with Gasteiger partial charge >= 0.3 is 6.09 Å². The quantitative estimate of drug-likeness (QED) is 0.807. The van der Waals surface area contributed by atoms with E-state index in [1.807, 2.05) is 43.5 Å². The zero-order valence-electron chi connectivity index (χ0n) is 15.3. The summed E-state index contributed by atoms with van der Waals surface area (Å²) in [4.78, 5) is 16.9. The zero-order chi connectivity index (χ0) is 17.6. The van der Waals surface area contributed by atoms with Gasteiger partial charge in [0.15, 0.2) is 0 Å². The van der Waals surface area contributed by atoms with Crippen molar-refractivity contribution >= 4 is 17.9 Å². The van der Waals surface area contributed by atoms with Crippen LogP contribution < -0.4 is 0 Å². The molecule has 4 nitrogen and oxygen atoms in total. The minimum Gasteiger partial charge on any atom is -0.444 e. The van der Waals surface area contributed by atoms with E-state index in [0.717, 1.165) is 38.4 Å². The second-order valence-electron chi connectivity index (χ2n) is 7.33. The molecule has 1 aromatic carbocycles. The summed E-state index contributed by atoms with van der Waals surface area (Å²) in [6, 6.07) is 10.8. The molecule has 0 radical (unpaired) electrons. The Kier molecular flexibility index (Phi) is 6.99. The van der Waals surface area contributed by atoms with Gasteiger partial charge < -0.3 is 9.64 Å². The number of piperazine rings is 1. The molecule has 1 fully saturated rings. The summed E-state index contributed by atoms with van der Waals surface area (Å²) >= 11 is 1.83. The molecule has 134 valence electrons. The van der Waals surface area contributed by atoms with Gasteiger partial charge in [0.1, 0.15) is 5.60 Å². The molecule has 0 aromatic heterocycles. The molecular weight excluding hydrogens is 320 g/mol. The first-order valence-corrected chi connectivity index (χ1v) is 10.0. The SMILES string of the molecule is CSCC[C@H]1CN(Cc2ccccc2)CCN1C(=O)OC(C)(C)C. The molecule has 2 rings (SSSR count). The van der Waals surface area contributed by atoms with E-state index >= 15 is 0 Å². The number of benzene rings is 1. The van der Waals surface area contributed by atoms with Crippen molar-refractivity contribution in [3.63, 3.8) is 0 Å². The molecular formula is C19H30N2O2S. The molecule has 1 aromatic rings. The highest BCUT2D eigenvalue weighted by Gasteiger charge is 2.32. The number of nitrogens with zero attached hydrogens (tertiary/aromatic N) is 2. The highest BCUT2D eigenvalue weighted by Crippen LogP contribution is 2.20. The van der Waals surface area contributed by atoms with E-state index in [1.54, 1.807) is 0 Å². The summed E-state index contributed by atoms with van der Waals surface area (Å²) in [5, 5.41) is 0. The fourth-order valence-corrected chi connectivity index (χ4v) is 3.47. The number of carbonyl (C=O) groups is 1. The highest BCUT2D eigenvalue weighted by molar-refractivity contribution is 7.98. The average molecular weight is 351 g/mol. The Morgan fingerprint density at radius 1 is 1.25 bits per heavy atom. The first kappa shape index (κ1) is 19.1. The standard InChI is InChI=1S/C19H30N2O2S/c1-19(2,3)23-18(22)21-12-11-20(15-17(21)10-13-24-4)14-16-8-6-5-7-9-16/h5-9,17H,10-15H2,1-4H3/t17-/m0/s1. The molecule has 24 heavy (non-hydrogen) atoms. The van der Waals surface area contributed by atoms with Crippen molar-refractivity contribution in [3.8, 4) is 0 Å². The maximum Gasteiger partial charge on any atom is 0.410 e. The maximum absolute atomic E-state index is 12.5. The lowest BCUT2D eigenvalue weighted by atomic mass is 10.1. The molecule has 0 saturated carbocycles. The van der Waals surface area contributed by atoms with Crippen LogP contribution in [0.15, 0.2) is 30.3 Å². The lowest BCUT2D eigenvalue weighted by Crippen LogP contribution is -2.56. The van der Waals surface area contributed by atoms with Gasteiger partial charge in [-0.25, -0.2) is 4.79 Å². The summed E-state index contributed by atoms with van der Waals surface area (Å²) < 4.78 is 5.60. The number of ether oxygens (including phenoxy) is 1. The predicted octanol–water partition coefficient (Wildman–Crippen LogP) is 3.86. The van der Waals surface area contributed by atoms with Crippen LogP contribution in [0.2, 0.25) is 0 Å². The Hall–Kier alpha value is -1.20. The summed E-state index contributed by atoms with van der Waals surface area (Å²) in [6.07, 6.45) is 2.95. The van der Waals surface area contributed by atoms with Gasteiger partial charge in [0, 0.05) is 32.2 Å². The smallest absolute Gasteiger partial charge is 0.410 e. The van der Waals surface area contributed by atoms with Crippen LogP contribution in [0.1, 0.15) is 32.8 Å². The molecule has 1 amide bonds. The molecule has 1 saturated heterocycles. The van der Waals surface area contributed by atoms with Crippen LogP contribution >= 0.6 is 11.8 Å². The number of rotatable bonds is 5. The molecule has 0 unspecified atom stereocenters. The van der Waals surface area contributed by atoms with Crippen LogP contribution in [0, 0.1) is 0 Å². The van der Waals surface area contributed by atoms with E-state index in [9.17, 15) is 4.79 Å². The fraction of sp³-hybridized carbons (Fsp3) is 0.632. The van der Waals surface area contributed by atoms with Gasteiger partial charge in [0.05, 0.1) is 0 Å². The summed E-state index contributed by atoms with van der Waals surface area (Å²) in [5.41, 5.74) is 0.884. The van der Waals surface area contributed by atoms with Crippen LogP contribution in [-0.2, 0) is 11.3 Å². The first-order valence-electron chi connectivity index (χ1n) is 8.64. The lowest BCUT2D eigenvalue weighted by molar-refractivity contribution is -0.00281. The fourth-order valence-electron chi connectivity index (χ4n) is 2.97. The molecule has 0 aliphatic carbocycles. The minimum absolute atomic E-state index is 0.173. The van der Waals surface area contributed by atoms with Crippen molar-refractivity contribution < 1.29 is 9.53 Å². The maximum atomic E-state index is 12.5. The molecule has 1 aliphatic rings. The third-order valence-corrected chi connectivity index (χ3v) is 4.74. The van der Waals surface area contributed by atoms with Gasteiger partial charge in [0.25, 0.3) is 0 Å². The van der Waals surface area contributed by atoms with E-state index in [1.165, 1.54) is 5.56 Å².